The number of carbonyl (C=O) groups is 1. The van der Waals surface area contributed by atoms with Crippen LogP contribution < -0.4 is 5.73 Å². The monoisotopic (exact) mass is 173 g/mol. The summed E-state index contributed by atoms with van der Waals surface area (Å²) in [4.78, 5) is 11.2. The van der Waals surface area contributed by atoms with E-state index in [1.807, 2.05) is 0 Å². The van der Waals surface area contributed by atoms with Crippen molar-refractivity contribution in [2.45, 2.75) is 19.4 Å². The van der Waals surface area contributed by atoms with E-state index in [0.717, 1.165) is 0 Å². The zero-order chi connectivity index (χ0) is 8.97. The van der Waals surface area contributed by atoms with Crippen LogP contribution in [0.1, 0.15) is 13.3 Å². The first-order chi connectivity index (χ1) is 5.77. The molecule has 0 aliphatic carbocycles. The molecule has 4 heteroatoms. The van der Waals surface area contributed by atoms with Crippen molar-refractivity contribution in [3.63, 3.8) is 0 Å². The average molecular weight is 173 g/mol. The standard InChI is InChI=1S/C8H15NO3/c1-2-11-8(10)6-3-7(4-9)12-5-6/h6-7H,2-5,9H2,1H3. The van der Waals surface area contributed by atoms with Gasteiger partial charge in [-0.1, -0.05) is 0 Å². The normalized spacial score (nSPS) is 28.8. The van der Waals surface area contributed by atoms with Crippen LogP contribution in [0.4, 0.5) is 0 Å². The maximum atomic E-state index is 11.2. The molecule has 0 aromatic carbocycles. The van der Waals surface area contributed by atoms with Crippen molar-refractivity contribution in [1.29, 1.82) is 0 Å². The minimum atomic E-state index is -0.159. The second-order valence-electron chi connectivity index (χ2n) is 2.88. The van der Waals surface area contributed by atoms with E-state index in [1.54, 1.807) is 6.92 Å². The van der Waals surface area contributed by atoms with Crippen molar-refractivity contribution in [1.82, 2.24) is 0 Å². The van der Waals surface area contributed by atoms with Crippen LogP contribution in [0.3, 0.4) is 0 Å². The molecule has 1 rings (SSSR count). The molecule has 0 radical (unpaired) electrons. The van der Waals surface area contributed by atoms with Crippen LogP contribution in [-0.4, -0.2) is 31.8 Å². The molecule has 0 bridgehead atoms. The molecule has 1 aliphatic rings. The summed E-state index contributed by atoms with van der Waals surface area (Å²) in [5.74, 6) is -0.257. The van der Waals surface area contributed by atoms with Gasteiger partial charge >= 0.3 is 5.97 Å². The molecule has 2 unspecified atom stereocenters. The van der Waals surface area contributed by atoms with Gasteiger partial charge in [0.15, 0.2) is 0 Å². The summed E-state index contributed by atoms with van der Waals surface area (Å²) in [6, 6.07) is 0. The van der Waals surface area contributed by atoms with Gasteiger partial charge in [-0.15, -0.1) is 0 Å². The Morgan fingerprint density at radius 1 is 1.75 bits per heavy atom. The summed E-state index contributed by atoms with van der Waals surface area (Å²) >= 11 is 0. The summed E-state index contributed by atoms with van der Waals surface area (Å²) in [7, 11) is 0. The zero-order valence-electron chi connectivity index (χ0n) is 7.29. The fourth-order valence-corrected chi connectivity index (χ4v) is 1.29. The summed E-state index contributed by atoms with van der Waals surface area (Å²) in [5.41, 5.74) is 5.39. The van der Waals surface area contributed by atoms with Gasteiger partial charge in [0.2, 0.25) is 0 Å². The Labute approximate surface area is 72.0 Å². The number of hydrogen-bond acceptors (Lipinski definition) is 4. The van der Waals surface area contributed by atoms with E-state index in [-0.39, 0.29) is 18.0 Å². The Bertz CT molecular complexity index is 160. The first-order valence-corrected chi connectivity index (χ1v) is 4.26. The summed E-state index contributed by atoms with van der Waals surface area (Å²) in [6.45, 7) is 3.17. The second-order valence-corrected chi connectivity index (χ2v) is 2.88. The average Bonchev–Trinajstić information content (AvgIpc) is 2.52. The molecule has 0 aromatic heterocycles. The number of nitrogens with two attached hydrogens (primary N) is 1. The highest BCUT2D eigenvalue weighted by Crippen LogP contribution is 2.19. The van der Waals surface area contributed by atoms with Crippen molar-refractivity contribution in [3.8, 4) is 0 Å². The molecule has 12 heavy (non-hydrogen) atoms. The van der Waals surface area contributed by atoms with Crippen LogP contribution >= 0.6 is 0 Å². The van der Waals surface area contributed by atoms with Gasteiger partial charge in [0.1, 0.15) is 0 Å². The fourth-order valence-electron chi connectivity index (χ4n) is 1.29. The summed E-state index contributed by atoms with van der Waals surface area (Å²) in [5, 5.41) is 0. The van der Waals surface area contributed by atoms with Crippen molar-refractivity contribution in [2.24, 2.45) is 11.7 Å². The third-order valence-corrected chi connectivity index (χ3v) is 1.96. The van der Waals surface area contributed by atoms with Crippen molar-refractivity contribution < 1.29 is 14.3 Å². The highest BCUT2D eigenvalue weighted by molar-refractivity contribution is 5.72. The van der Waals surface area contributed by atoms with E-state index in [4.69, 9.17) is 15.2 Å². The van der Waals surface area contributed by atoms with Crippen molar-refractivity contribution in [2.75, 3.05) is 19.8 Å². The van der Waals surface area contributed by atoms with Gasteiger partial charge in [0, 0.05) is 6.54 Å². The summed E-state index contributed by atoms with van der Waals surface area (Å²) in [6.07, 6.45) is 0.745. The zero-order valence-corrected chi connectivity index (χ0v) is 7.29. The Balaban J connectivity index is 2.31. The Hall–Kier alpha value is -0.610. The van der Waals surface area contributed by atoms with Crippen LogP contribution in [0.2, 0.25) is 0 Å². The minimum Gasteiger partial charge on any atom is -0.466 e. The van der Waals surface area contributed by atoms with Crippen LogP contribution in [-0.2, 0) is 14.3 Å². The Morgan fingerprint density at radius 2 is 2.50 bits per heavy atom. The van der Waals surface area contributed by atoms with Gasteiger partial charge in [-0.25, -0.2) is 0 Å². The number of carbonyl (C=O) groups excluding carboxylic acids is 1. The molecule has 0 spiro atoms. The van der Waals surface area contributed by atoms with Gasteiger partial charge in [0.25, 0.3) is 0 Å². The molecule has 1 heterocycles. The molecule has 2 atom stereocenters. The van der Waals surface area contributed by atoms with Crippen LogP contribution in [0.15, 0.2) is 0 Å². The number of hydrogen-bond donors (Lipinski definition) is 1. The quantitative estimate of drug-likeness (QED) is 0.606. The van der Waals surface area contributed by atoms with Crippen LogP contribution in [0.25, 0.3) is 0 Å². The predicted octanol–water partition coefficient (Wildman–Crippen LogP) is -0.0867. The molecule has 1 fully saturated rings. The lowest BCUT2D eigenvalue weighted by atomic mass is 10.1. The maximum Gasteiger partial charge on any atom is 0.311 e. The van der Waals surface area contributed by atoms with E-state index in [0.29, 0.717) is 26.2 Å². The van der Waals surface area contributed by atoms with Gasteiger partial charge in [-0.05, 0) is 13.3 Å². The first-order valence-electron chi connectivity index (χ1n) is 4.26. The lowest BCUT2D eigenvalue weighted by Crippen LogP contribution is -2.20. The predicted molar refractivity (Wildman–Crippen MR) is 43.5 cm³/mol. The molecule has 4 nitrogen and oxygen atoms in total. The molecular weight excluding hydrogens is 158 g/mol. The molecular formula is C8H15NO3. The molecule has 2 N–H and O–H groups in total. The highest BCUT2D eigenvalue weighted by Gasteiger charge is 2.30. The topological polar surface area (TPSA) is 61.5 Å². The van der Waals surface area contributed by atoms with E-state index in [1.165, 1.54) is 0 Å². The number of esters is 1. The fraction of sp³-hybridized carbons (Fsp3) is 0.875. The lowest BCUT2D eigenvalue weighted by Gasteiger charge is -2.06. The number of ether oxygens (including phenoxy) is 2. The van der Waals surface area contributed by atoms with E-state index < -0.39 is 0 Å². The van der Waals surface area contributed by atoms with Gasteiger partial charge in [-0.2, -0.15) is 0 Å². The number of rotatable bonds is 3. The maximum absolute atomic E-state index is 11.2. The second kappa shape index (κ2) is 4.42. The molecule has 0 saturated carbocycles. The van der Waals surface area contributed by atoms with E-state index in [9.17, 15) is 4.79 Å². The van der Waals surface area contributed by atoms with Gasteiger partial charge in [-0.3, -0.25) is 4.79 Å². The third-order valence-electron chi connectivity index (χ3n) is 1.96. The summed E-state index contributed by atoms with van der Waals surface area (Å²) < 4.78 is 10.1. The molecule has 0 amide bonds. The van der Waals surface area contributed by atoms with E-state index in [2.05, 4.69) is 0 Å². The molecule has 1 aliphatic heterocycles. The SMILES string of the molecule is CCOC(=O)C1COC(CN)C1. The van der Waals surface area contributed by atoms with Gasteiger partial charge < -0.3 is 15.2 Å². The largest absolute Gasteiger partial charge is 0.466 e. The van der Waals surface area contributed by atoms with Crippen LogP contribution in [0.5, 0.6) is 0 Å². The lowest BCUT2D eigenvalue weighted by molar-refractivity contribution is -0.147. The minimum absolute atomic E-state index is 0.0411. The third kappa shape index (κ3) is 2.19. The first kappa shape index (κ1) is 9.48. The Kier molecular flexibility index (Phi) is 3.49. The Morgan fingerprint density at radius 3 is 3.00 bits per heavy atom. The van der Waals surface area contributed by atoms with E-state index >= 15 is 0 Å². The highest BCUT2D eigenvalue weighted by atomic mass is 16.5. The van der Waals surface area contributed by atoms with Crippen molar-refractivity contribution in [3.05, 3.63) is 0 Å². The van der Waals surface area contributed by atoms with Crippen molar-refractivity contribution >= 4 is 5.97 Å². The van der Waals surface area contributed by atoms with Gasteiger partial charge in [0.05, 0.1) is 25.2 Å². The smallest absolute Gasteiger partial charge is 0.311 e. The van der Waals surface area contributed by atoms with Crippen LogP contribution in [0, 0.1) is 5.92 Å². The molecule has 70 valence electrons. The molecule has 0 aromatic rings. The molecule has 1 saturated heterocycles.